The number of hydrogen-bond acceptors (Lipinski definition) is 3. The van der Waals surface area contributed by atoms with Crippen LogP contribution in [0.15, 0.2) is 28.7 Å². The summed E-state index contributed by atoms with van der Waals surface area (Å²) in [7, 11) is 0. The van der Waals surface area contributed by atoms with Gasteiger partial charge < -0.3 is 26.5 Å². The Hall–Kier alpha value is 0.246. The first-order chi connectivity index (χ1) is 8.69. The molecule has 0 saturated carbocycles. The Morgan fingerprint density at radius 1 is 1.25 bits per heavy atom. The molecule has 6 heteroatoms. The fourth-order valence-corrected chi connectivity index (χ4v) is 1.75. The molecule has 0 aliphatic heterocycles. The molecule has 1 aromatic carbocycles. The van der Waals surface area contributed by atoms with Crippen molar-refractivity contribution < 1.29 is 31.2 Å². The van der Waals surface area contributed by atoms with Crippen molar-refractivity contribution >= 4 is 45.0 Å². The molecule has 0 aliphatic rings. The van der Waals surface area contributed by atoms with Crippen molar-refractivity contribution in [3.05, 3.63) is 40.4 Å². The molecule has 20 heavy (non-hydrogen) atoms. The van der Waals surface area contributed by atoms with Crippen molar-refractivity contribution in [2.24, 2.45) is 0 Å². The molecule has 0 unspecified atom stereocenters. The van der Waals surface area contributed by atoms with Crippen molar-refractivity contribution in [2.75, 3.05) is 13.2 Å². The minimum atomic E-state index is -0.400. The number of rotatable bonds is 7. The molecule has 0 heterocycles. The van der Waals surface area contributed by atoms with Crippen molar-refractivity contribution in [3.8, 4) is 0 Å². The van der Waals surface area contributed by atoms with Gasteiger partial charge in [-0.15, -0.1) is 12.1 Å². The largest absolute Gasteiger partial charge is 2.00 e. The Balaban J connectivity index is 0. The van der Waals surface area contributed by atoms with Gasteiger partial charge in [-0.2, -0.15) is 11.6 Å². The van der Waals surface area contributed by atoms with Gasteiger partial charge in [-0.1, -0.05) is 35.8 Å². The minimum Gasteiger partial charge on any atom is -1.00 e. The fraction of sp³-hybridized carbons (Fsp3) is 0.429. The second kappa shape index (κ2) is 12.9. The molecule has 0 aromatic heterocycles. The van der Waals surface area contributed by atoms with Crippen LogP contribution in [0.2, 0.25) is 0 Å². The van der Waals surface area contributed by atoms with Gasteiger partial charge in [0.2, 0.25) is 0 Å². The van der Waals surface area contributed by atoms with Gasteiger partial charge in [-0.25, -0.2) is 0 Å². The van der Waals surface area contributed by atoms with Crippen LogP contribution in [0.4, 0.5) is 0 Å². The smallest absolute Gasteiger partial charge is 1.00 e. The van der Waals surface area contributed by atoms with Crippen molar-refractivity contribution in [3.63, 3.8) is 0 Å². The van der Waals surface area contributed by atoms with Gasteiger partial charge in [-0.3, -0.25) is 4.79 Å². The van der Waals surface area contributed by atoms with Gasteiger partial charge in [0.05, 0.1) is 12.7 Å². The van der Waals surface area contributed by atoms with E-state index in [1.54, 1.807) is 0 Å². The molecule has 0 N–H and O–H groups in total. The summed E-state index contributed by atoms with van der Waals surface area (Å²) in [6, 6.07) is 7.45. The summed E-state index contributed by atoms with van der Waals surface area (Å²) in [5.41, 5.74) is 0.735. The van der Waals surface area contributed by atoms with E-state index >= 15 is 0 Å². The first kappa shape index (κ1) is 22.5. The molecule has 0 fully saturated rings. The summed E-state index contributed by atoms with van der Waals surface area (Å²) in [5.74, 6) is -0.400. The predicted molar refractivity (Wildman–Crippen MR) is 79.7 cm³/mol. The molecule has 1 aromatic rings. The third-order valence-corrected chi connectivity index (χ3v) is 2.65. The number of halogens is 2. The van der Waals surface area contributed by atoms with Crippen LogP contribution in [-0.2, 0) is 14.3 Å². The zero-order valence-electron chi connectivity index (χ0n) is 11.8. The second-order valence-electron chi connectivity index (χ2n) is 3.82. The van der Waals surface area contributed by atoms with E-state index in [0.717, 1.165) is 22.9 Å². The Morgan fingerprint density at radius 3 is 2.45 bits per heavy atom. The molecule has 108 valence electrons. The number of carbonyl (C=O) groups is 1. The number of benzene rings is 1. The number of carbonyl (C=O) groups excluding carboxylic acids is 1. The molecular formula is C14H18Br2MgO3. The second-order valence-corrected chi connectivity index (χ2v) is 4.74. The third kappa shape index (κ3) is 7.88. The maximum absolute atomic E-state index is 11.9. The van der Waals surface area contributed by atoms with E-state index in [-0.39, 0.29) is 46.1 Å². The average molecular weight is 418 g/mol. The van der Waals surface area contributed by atoms with E-state index in [4.69, 9.17) is 9.47 Å². The summed E-state index contributed by atoms with van der Waals surface area (Å²) in [6.07, 6.45) is 1.93. The van der Waals surface area contributed by atoms with E-state index in [0.29, 0.717) is 13.2 Å². The van der Waals surface area contributed by atoms with Crippen LogP contribution in [0, 0.1) is 6.10 Å². The van der Waals surface area contributed by atoms with Crippen LogP contribution in [0.1, 0.15) is 32.3 Å². The Kier molecular flexibility index (Phi) is 14.6. The monoisotopic (exact) mass is 416 g/mol. The Morgan fingerprint density at radius 2 is 1.90 bits per heavy atom. The molecule has 0 amide bonds. The predicted octanol–water partition coefficient (Wildman–Crippen LogP) is 0.332. The zero-order chi connectivity index (χ0) is 13.4. The third-order valence-electron chi connectivity index (χ3n) is 2.16. The van der Waals surface area contributed by atoms with Gasteiger partial charge in [0.1, 0.15) is 0 Å². The van der Waals surface area contributed by atoms with Crippen LogP contribution >= 0.6 is 15.9 Å². The molecule has 0 saturated heterocycles. The van der Waals surface area contributed by atoms with Crippen LogP contribution in [-0.4, -0.2) is 42.2 Å². The molecule has 1 rings (SSSR count). The quantitative estimate of drug-likeness (QED) is 0.364. The van der Waals surface area contributed by atoms with Crippen molar-refractivity contribution in [1.29, 1.82) is 0 Å². The molecular weight excluding hydrogens is 400 g/mol. The summed E-state index contributed by atoms with van der Waals surface area (Å²) in [4.78, 5) is 11.9. The number of hydrogen-bond donors (Lipinski definition) is 0. The maximum atomic E-state index is 11.9. The zero-order valence-corrected chi connectivity index (χ0v) is 16.4. The van der Waals surface area contributed by atoms with Crippen LogP contribution in [0.25, 0.3) is 0 Å². The Bertz CT molecular complexity index is 388. The molecule has 0 spiro atoms. The molecule has 0 atom stereocenters. The maximum Gasteiger partial charge on any atom is 2.00 e. The molecule has 0 aliphatic carbocycles. The summed E-state index contributed by atoms with van der Waals surface area (Å²) in [5, 5.41) is 0. The standard InChI is InChI=1S/C14H18BrO3.BrH.Mg/c1-3-8-17-13(14(16)18-9-4-2)11-6-5-7-12(15)10-11;;/h5-7,10H,3-4,8-9H2,1-2H3;1H;/q-1;;+2/p-1. The van der Waals surface area contributed by atoms with Crippen molar-refractivity contribution in [1.82, 2.24) is 0 Å². The van der Waals surface area contributed by atoms with E-state index in [9.17, 15) is 4.79 Å². The number of esters is 1. The van der Waals surface area contributed by atoms with E-state index in [2.05, 4.69) is 15.9 Å². The van der Waals surface area contributed by atoms with E-state index in [1.165, 1.54) is 0 Å². The summed E-state index contributed by atoms with van der Waals surface area (Å²) < 4.78 is 11.5. The average Bonchev–Trinajstić information content (AvgIpc) is 2.37. The minimum absolute atomic E-state index is 0. The van der Waals surface area contributed by atoms with E-state index < -0.39 is 5.97 Å². The summed E-state index contributed by atoms with van der Waals surface area (Å²) in [6.45, 7) is 4.86. The van der Waals surface area contributed by atoms with Crippen molar-refractivity contribution in [2.45, 2.75) is 26.7 Å². The first-order valence-electron chi connectivity index (χ1n) is 6.11. The van der Waals surface area contributed by atoms with Gasteiger partial charge >= 0.3 is 29.0 Å². The van der Waals surface area contributed by atoms with Gasteiger partial charge in [0.15, 0.2) is 0 Å². The normalized spacial score (nSPS) is 9.15. The SMILES string of the molecule is CCCOC(=O)[C-](OCCC)c1cccc(Br)c1.[Br-].[Mg+2]. The first-order valence-corrected chi connectivity index (χ1v) is 6.91. The van der Waals surface area contributed by atoms with Gasteiger partial charge in [0, 0.05) is 6.61 Å². The number of ether oxygens (including phenoxy) is 2. The fourth-order valence-electron chi connectivity index (χ4n) is 1.35. The van der Waals surface area contributed by atoms with Crippen LogP contribution in [0.5, 0.6) is 0 Å². The van der Waals surface area contributed by atoms with Gasteiger partial charge in [-0.05, 0) is 17.3 Å². The topological polar surface area (TPSA) is 35.5 Å². The van der Waals surface area contributed by atoms with Gasteiger partial charge in [0.25, 0.3) is 0 Å². The van der Waals surface area contributed by atoms with Crippen LogP contribution < -0.4 is 17.0 Å². The molecule has 0 radical (unpaired) electrons. The van der Waals surface area contributed by atoms with E-state index in [1.807, 2.05) is 38.1 Å². The van der Waals surface area contributed by atoms with Crippen LogP contribution in [0.3, 0.4) is 0 Å². The molecule has 0 bridgehead atoms. The summed E-state index contributed by atoms with van der Waals surface area (Å²) >= 11 is 3.38. The Labute approximate surface area is 155 Å². The molecule has 3 nitrogen and oxygen atoms in total.